The molecule has 0 spiro atoms. The molecule has 0 saturated heterocycles. The van der Waals surface area contributed by atoms with E-state index in [2.05, 4.69) is 12.2 Å². The molecule has 0 aliphatic heterocycles. The summed E-state index contributed by atoms with van der Waals surface area (Å²) in [5, 5.41) is 13.9. The van der Waals surface area contributed by atoms with Gasteiger partial charge in [-0.3, -0.25) is 14.9 Å². The molecule has 0 unspecified atom stereocenters. The van der Waals surface area contributed by atoms with Crippen LogP contribution in [0.4, 0.5) is 5.69 Å². The second-order valence-electron chi connectivity index (χ2n) is 6.61. The highest BCUT2D eigenvalue weighted by Gasteiger charge is 2.26. The Morgan fingerprint density at radius 2 is 2.00 bits per heavy atom. The molecule has 7 nitrogen and oxygen atoms in total. The van der Waals surface area contributed by atoms with Gasteiger partial charge in [-0.25, -0.2) is 4.79 Å². The van der Waals surface area contributed by atoms with E-state index in [1.165, 1.54) is 31.6 Å². The minimum atomic E-state index is -0.924. The lowest BCUT2D eigenvalue weighted by molar-refractivity contribution is -0.385. The molecular formula is C19H24N2O5. The predicted octanol–water partition coefficient (Wildman–Crippen LogP) is 3.23. The highest BCUT2D eigenvalue weighted by atomic mass is 16.6. The average Bonchev–Trinajstić information content (AvgIpc) is 2.62. The minimum absolute atomic E-state index is 0.103. The molecule has 0 radical (unpaired) electrons. The van der Waals surface area contributed by atoms with Crippen LogP contribution in [0.15, 0.2) is 30.3 Å². The lowest BCUT2D eigenvalue weighted by Crippen LogP contribution is -2.45. The minimum Gasteiger partial charge on any atom is -0.449 e. The molecule has 26 heavy (non-hydrogen) atoms. The number of ether oxygens (including phenoxy) is 1. The van der Waals surface area contributed by atoms with Crippen LogP contribution in [0.5, 0.6) is 0 Å². The monoisotopic (exact) mass is 360 g/mol. The van der Waals surface area contributed by atoms with Crippen molar-refractivity contribution >= 4 is 23.6 Å². The Labute approximate surface area is 152 Å². The zero-order valence-electron chi connectivity index (χ0n) is 15.0. The lowest BCUT2D eigenvalue weighted by Gasteiger charge is -2.30. The van der Waals surface area contributed by atoms with Gasteiger partial charge in [0.2, 0.25) is 0 Å². The Kier molecular flexibility index (Phi) is 6.89. The van der Waals surface area contributed by atoms with E-state index < -0.39 is 17.0 Å². The number of benzene rings is 1. The molecular weight excluding hydrogens is 336 g/mol. The van der Waals surface area contributed by atoms with Crippen LogP contribution in [0.2, 0.25) is 0 Å². The lowest BCUT2D eigenvalue weighted by atomic mass is 9.86. The van der Waals surface area contributed by atoms with E-state index in [0.717, 1.165) is 25.3 Å². The number of hydrogen-bond acceptors (Lipinski definition) is 5. The fraction of sp³-hybridized carbons (Fsp3) is 0.474. The van der Waals surface area contributed by atoms with Crippen LogP contribution in [-0.4, -0.2) is 28.9 Å². The molecule has 3 atom stereocenters. The third-order valence-corrected chi connectivity index (χ3v) is 4.63. The van der Waals surface area contributed by atoms with Gasteiger partial charge in [0.1, 0.15) is 0 Å². The number of carbonyl (C=O) groups excluding carboxylic acids is 2. The van der Waals surface area contributed by atoms with Gasteiger partial charge in [0.05, 0.1) is 10.5 Å². The second-order valence-corrected chi connectivity index (χ2v) is 6.61. The van der Waals surface area contributed by atoms with Gasteiger partial charge in [-0.15, -0.1) is 0 Å². The third kappa shape index (κ3) is 5.40. The van der Waals surface area contributed by atoms with E-state index in [4.69, 9.17) is 4.74 Å². The molecule has 0 heterocycles. The molecule has 7 heteroatoms. The SMILES string of the molecule is C[C@@H](OC(=O)/C=C/c1ccccc1[N+](=O)[O-])C(=O)N[C@H]1CCCC[C@@H]1C. The number of carbonyl (C=O) groups is 2. The van der Waals surface area contributed by atoms with Crippen LogP contribution in [0.1, 0.15) is 45.1 Å². The van der Waals surface area contributed by atoms with Crippen LogP contribution < -0.4 is 5.32 Å². The van der Waals surface area contributed by atoms with Crippen molar-refractivity contribution in [2.75, 3.05) is 0 Å². The summed E-state index contributed by atoms with van der Waals surface area (Å²) in [6.07, 6.45) is 5.76. The van der Waals surface area contributed by atoms with Gasteiger partial charge < -0.3 is 10.1 Å². The Hall–Kier alpha value is -2.70. The number of nitrogens with zero attached hydrogens (tertiary/aromatic N) is 1. The molecule has 1 fully saturated rings. The van der Waals surface area contributed by atoms with E-state index in [9.17, 15) is 19.7 Å². The van der Waals surface area contributed by atoms with Gasteiger partial charge in [-0.05, 0) is 37.8 Å². The first kappa shape index (κ1) is 19.6. The zero-order valence-corrected chi connectivity index (χ0v) is 15.0. The van der Waals surface area contributed by atoms with Crippen LogP contribution in [-0.2, 0) is 14.3 Å². The number of amides is 1. The van der Waals surface area contributed by atoms with Crippen molar-refractivity contribution in [1.82, 2.24) is 5.32 Å². The van der Waals surface area contributed by atoms with Crippen molar-refractivity contribution in [3.8, 4) is 0 Å². The van der Waals surface area contributed by atoms with Crippen LogP contribution in [0.3, 0.4) is 0 Å². The Balaban J connectivity index is 1.90. The van der Waals surface area contributed by atoms with Crippen molar-refractivity contribution in [3.05, 3.63) is 46.0 Å². The molecule has 1 aliphatic rings. The maximum absolute atomic E-state index is 12.2. The summed E-state index contributed by atoms with van der Waals surface area (Å²) in [7, 11) is 0. The van der Waals surface area contributed by atoms with Crippen molar-refractivity contribution in [2.24, 2.45) is 5.92 Å². The second kappa shape index (κ2) is 9.12. The Bertz CT molecular complexity index is 701. The first-order valence-electron chi connectivity index (χ1n) is 8.81. The number of rotatable bonds is 6. The fourth-order valence-electron chi connectivity index (χ4n) is 3.05. The summed E-state index contributed by atoms with van der Waals surface area (Å²) >= 11 is 0. The molecule has 140 valence electrons. The maximum Gasteiger partial charge on any atom is 0.331 e. The van der Waals surface area contributed by atoms with Crippen molar-refractivity contribution in [3.63, 3.8) is 0 Å². The fourth-order valence-corrected chi connectivity index (χ4v) is 3.05. The van der Waals surface area contributed by atoms with Crippen LogP contribution in [0, 0.1) is 16.0 Å². The largest absolute Gasteiger partial charge is 0.449 e. The van der Waals surface area contributed by atoms with Gasteiger partial charge in [0, 0.05) is 18.2 Å². The van der Waals surface area contributed by atoms with Gasteiger partial charge in [-0.1, -0.05) is 31.9 Å². The average molecular weight is 360 g/mol. The molecule has 1 saturated carbocycles. The molecule has 1 amide bonds. The molecule has 1 aliphatic carbocycles. The number of nitrogens with one attached hydrogen (secondary N) is 1. The first-order chi connectivity index (χ1) is 12.4. The Morgan fingerprint density at radius 3 is 2.69 bits per heavy atom. The highest BCUT2D eigenvalue weighted by Crippen LogP contribution is 2.24. The van der Waals surface area contributed by atoms with Crippen LogP contribution >= 0.6 is 0 Å². The number of para-hydroxylation sites is 1. The number of esters is 1. The summed E-state index contributed by atoms with van der Waals surface area (Å²) in [4.78, 5) is 34.5. The standard InChI is InChI=1S/C19H24N2O5/c1-13-7-3-5-9-16(13)20-19(23)14(2)26-18(22)12-11-15-8-4-6-10-17(15)21(24)25/h4,6,8,10-14,16H,3,5,7,9H2,1-2H3,(H,20,23)/b12-11+/t13-,14+,16-/m0/s1. The quantitative estimate of drug-likeness (QED) is 0.363. The maximum atomic E-state index is 12.2. The van der Waals surface area contributed by atoms with E-state index in [1.807, 2.05) is 0 Å². The van der Waals surface area contributed by atoms with Gasteiger partial charge in [0.25, 0.3) is 11.6 Å². The Morgan fingerprint density at radius 1 is 1.31 bits per heavy atom. The summed E-state index contributed by atoms with van der Waals surface area (Å²) in [5.41, 5.74) is 0.191. The van der Waals surface area contributed by atoms with Crippen molar-refractivity contribution in [2.45, 2.75) is 51.7 Å². The van der Waals surface area contributed by atoms with E-state index in [1.54, 1.807) is 12.1 Å². The number of nitro groups is 1. The zero-order chi connectivity index (χ0) is 19.1. The van der Waals surface area contributed by atoms with E-state index in [0.29, 0.717) is 11.5 Å². The molecule has 2 rings (SSSR count). The topological polar surface area (TPSA) is 98.5 Å². The van der Waals surface area contributed by atoms with Gasteiger partial charge in [-0.2, -0.15) is 0 Å². The number of hydrogen-bond donors (Lipinski definition) is 1. The van der Waals surface area contributed by atoms with Crippen molar-refractivity contribution < 1.29 is 19.2 Å². The molecule has 0 bridgehead atoms. The summed E-state index contributed by atoms with van der Waals surface area (Å²) in [5.74, 6) is -0.632. The smallest absolute Gasteiger partial charge is 0.331 e. The molecule has 1 aromatic rings. The van der Waals surface area contributed by atoms with Crippen molar-refractivity contribution in [1.29, 1.82) is 0 Å². The molecule has 1 N–H and O–H groups in total. The third-order valence-electron chi connectivity index (χ3n) is 4.63. The van der Waals surface area contributed by atoms with Gasteiger partial charge >= 0.3 is 5.97 Å². The number of nitro benzene ring substituents is 1. The summed E-state index contributed by atoms with van der Waals surface area (Å²) < 4.78 is 5.10. The predicted molar refractivity (Wildman–Crippen MR) is 97.2 cm³/mol. The molecule has 1 aromatic carbocycles. The normalized spacial score (nSPS) is 21.2. The van der Waals surface area contributed by atoms with E-state index >= 15 is 0 Å². The summed E-state index contributed by atoms with van der Waals surface area (Å²) in [6, 6.07) is 6.18. The molecule has 0 aromatic heterocycles. The van der Waals surface area contributed by atoms with E-state index in [-0.39, 0.29) is 17.6 Å². The summed E-state index contributed by atoms with van der Waals surface area (Å²) in [6.45, 7) is 3.62. The first-order valence-corrected chi connectivity index (χ1v) is 8.81. The van der Waals surface area contributed by atoms with Crippen LogP contribution in [0.25, 0.3) is 6.08 Å². The van der Waals surface area contributed by atoms with Gasteiger partial charge in [0.15, 0.2) is 6.10 Å². The highest BCUT2D eigenvalue weighted by molar-refractivity contribution is 5.91.